The first kappa shape index (κ1) is 26.5. The fraction of sp³-hybridized carbons (Fsp3) is 0.571. The van der Waals surface area contributed by atoms with Crippen LogP contribution in [0.25, 0.3) is 0 Å². The monoisotopic (exact) mass is 467 g/mol. The molecule has 1 aromatic heterocycles. The number of rotatable bonds is 12. The van der Waals surface area contributed by atoms with Gasteiger partial charge < -0.3 is 19.1 Å². The second-order valence-electron chi connectivity index (χ2n) is 10.1. The van der Waals surface area contributed by atoms with Gasteiger partial charge in [-0.2, -0.15) is 0 Å². The highest BCUT2D eigenvalue weighted by Gasteiger charge is 2.18. The highest BCUT2D eigenvalue weighted by atomic mass is 16.5. The van der Waals surface area contributed by atoms with Crippen LogP contribution in [0.5, 0.6) is 0 Å². The Kier molecular flexibility index (Phi) is 10.2. The van der Waals surface area contributed by atoms with Crippen molar-refractivity contribution in [3.63, 3.8) is 0 Å². The van der Waals surface area contributed by atoms with Gasteiger partial charge in [-0.05, 0) is 28.7 Å². The summed E-state index contributed by atoms with van der Waals surface area (Å²) in [5, 5.41) is 10.5. The van der Waals surface area contributed by atoms with Crippen molar-refractivity contribution in [3.05, 3.63) is 59.4 Å². The van der Waals surface area contributed by atoms with Crippen molar-refractivity contribution < 1.29 is 14.6 Å². The summed E-state index contributed by atoms with van der Waals surface area (Å²) in [5.74, 6) is 2.45. The van der Waals surface area contributed by atoms with Crippen molar-refractivity contribution in [3.8, 4) is 12.3 Å². The molecule has 1 fully saturated rings. The second kappa shape index (κ2) is 13.1. The number of nitrogens with zero attached hydrogens (tertiary/aromatic N) is 3. The fourth-order valence-corrected chi connectivity index (χ4v) is 4.23. The standard InChI is InChI=1S/C28H41N3O3/c1-5-17-34-23-27(32)22-30(14-13-29-15-18-33-19-16-29)21-26-7-6-12-31(26)20-24-8-10-25(11-9-24)28(2,3)4/h1,6-12,27,32H,13-23H2,2-4H3. The first-order valence-corrected chi connectivity index (χ1v) is 12.3. The van der Waals surface area contributed by atoms with E-state index in [4.69, 9.17) is 15.9 Å². The summed E-state index contributed by atoms with van der Waals surface area (Å²) >= 11 is 0. The lowest BCUT2D eigenvalue weighted by Crippen LogP contribution is -2.43. The topological polar surface area (TPSA) is 50.1 Å². The Balaban J connectivity index is 1.63. The highest BCUT2D eigenvalue weighted by molar-refractivity contribution is 5.28. The van der Waals surface area contributed by atoms with Gasteiger partial charge >= 0.3 is 0 Å². The molecule has 3 rings (SSSR count). The second-order valence-corrected chi connectivity index (χ2v) is 10.1. The maximum atomic E-state index is 10.5. The molecule has 0 bridgehead atoms. The van der Waals surface area contributed by atoms with Gasteiger partial charge in [-0.3, -0.25) is 9.80 Å². The van der Waals surface area contributed by atoms with E-state index in [1.54, 1.807) is 0 Å². The van der Waals surface area contributed by atoms with Crippen LogP contribution in [0, 0.1) is 12.3 Å². The zero-order chi connectivity index (χ0) is 24.4. The lowest BCUT2D eigenvalue weighted by Gasteiger charge is -2.31. The third-order valence-electron chi connectivity index (χ3n) is 6.28. The molecule has 1 N–H and O–H groups in total. The Hall–Kier alpha value is -2.14. The van der Waals surface area contributed by atoms with Crippen molar-refractivity contribution in [1.29, 1.82) is 0 Å². The number of aromatic nitrogens is 1. The maximum Gasteiger partial charge on any atom is 0.107 e. The number of hydrogen-bond donors (Lipinski definition) is 1. The van der Waals surface area contributed by atoms with Crippen molar-refractivity contribution in [2.24, 2.45) is 0 Å². The Bertz CT molecular complexity index is 889. The molecule has 6 nitrogen and oxygen atoms in total. The van der Waals surface area contributed by atoms with Gasteiger partial charge in [0.25, 0.3) is 0 Å². The summed E-state index contributed by atoms with van der Waals surface area (Å²) in [6, 6.07) is 13.2. The molecular weight excluding hydrogens is 426 g/mol. The molecular formula is C28H41N3O3. The van der Waals surface area contributed by atoms with Crippen LogP contribution in [0.4, 0.5) is 0 Å². The van der Waals surface area contributed by atoms with E-state index < -0.39 is 6.10 Å². The minimum atomic E-state index is -0.577. The molecule has 1 aliphatic rings. The predicted octanol–water partition coefficient (Wildman–Crippen LogP) is 2.98. The number of aliphatic hydroxyl groups excluding tert-OH is 1. The van der Waals surface area contributed by atoms with E-state index in [9.17, 15) is 5.11 Å². The summed E-state index contributed by atoms with van der Waals surface area (Å²) in [6.07, 6.45) is 6.82. The van der Waals surface area contributed by atoms with E-state index in [1.807, 2.05) is 0 Å². The quantitative estimate of drug-likeness (QED) is 0.384. The summed E-state index contributed by atoms with van der Waals surface area (Å²) < 4.78 is 13.1. The smallest absolute Gasteiger partial charge is 0.107 e. The SMILES string of the molecule is C#CCOCC(O)CN(CCN1CCOCC1)Cc1cccn1Cc1ccc(C(C)(C)C)cc1. The minimum absolute atomic E-state index is 0.156. The van der Waals surface area contributed by atoms with Gasteiger partial charge in [0.2, 0.25) is 0 Å². The van der Waals surface area contributed by atoms with E-state index >= 15 is 0 Å². The third kappa shape index (κ3) is 8.57. The zero-order valence-electron chi connectivity index (χ0n) is 21.1. The van der Waals surface area contributed by atoms with Crippen LogP contribution in [0.2, 0.25) is 0 Å². The fourth-order valence-electron chi connectivity index (χ4n) is 4.23. The lowest BCUT2D eigenvalue weighted by atomic mass is 9.87. The summed E-state index contributed by atoms with van der Waals surface area (Å²) in [4.78, 5) is 4.74. The molecule has 0 spiro atoms. The van der Waals surface area contributed by atoms with Gasteiger partial charge in [-0.25, -0.2) is 0 Å². The van der Waals surface area contributed by atoms with Crippen LogP contribution in [0.15, 0.2) is 42.6 Å². The molecule has 0 amide bonds. The number of hydrogen-bond acceptors (Lipinski definition) is 5. The number of aliphatic hydroxyl groups is 1. The van der Waals surface area contributed by atoms with Crippen LogP contribution in [0.3, 0.4) is 0 Å². The van der Waals surface area contributed by atoms with Gasteiger partial charge in [-0.15, -0.1) is 6.42 Å². The van der Waals surface area contributed by atoms with Crippen molar-refractivity contribution in [2.75, 3.05) is 59.2 Å². The predicted molar refractivity (Wildman–Crippen MR) is 137 cm³/mol. The van der Waals surface area contributed by atoms with E-state index in [0.717, 1.165) is 52.5 Å². The van der Waals surface area contributed by atoms with Crippen LogP contribution in [0.1, 0.15) is 37.6 Å². The first-order chi connectivity index (χ1) is 16.3. The van der Waals surface area contributed by atoms with E-state index in [0.29, 0.717) is 6.54 Å². The van der Waals surface area contributed by atoms with Crippen molar-refractivity contribution in [2.45, 2.75) is 45.4 Å². The number of morpholine rings is 1. The van der Waals surface area contributed by atoms with Crippen molar-refractivity contribution >= 4 is 0 Å². The Morgan fingerprint density at radius 2 is 1.91 bits per heavy atom. The Morgan fingerprint density at radius 3 is 2.59 bits per heavy atom. The van der Waals surface area contributed by atoms with E-state index in [-0.39, 0.29) is 18.6 Å². The highest BCUT2D eigenvalue weighted by Crippen LogP contribution is 2.22. The average Bonchev–Trinajstić information content (AvgIpc) is 3.24. The Morgan fingerprint density at radius 1 is 1.18 bits per heavy atom. The largest absolute Gasteiger partial charge is 0.389 e. The molecule has 2 aromatic rings. The van der Waals surface area contributed by atoms with Crippen molar-refractivity contribution in [1.82, 2.24) is 14.4 Å². The van der Waals surface area contributed by atoms with Gasteiger partial charge in [0.05, 0.1) is 25.9 Å². The normalized spacial score (nSPS) is 16.0. The van der Waals surface area contributed by atoms with Gasteiger partial charge in [0.15, 0.2) is 0 Å². The maximum absolute atomic E-state index is 10.5. The van der Waals surface area contributed by atoms with Gasteiger partial charge in [0, 0.05) is 57.7 Å². The van der Waals surface area contributed by atoms with Gasteiger partial charge in [-0.1, -0.05) is 51.0 Å². The summed E-state index contributed by atoms with van der Waals surface area (Å²) in [5.41, 5.74) is 4.02. The van der Waals surface area contributed by atoms with Crippen LogP contribution in [-0.2, 0) is 28.0 Å². The molecule has 1 unspecified atom stereocenters. The van der Waals surface area contributed by atoms with Crippen LogP contribution < -0.4 is 0 Å². The lowest BCUT2D eigenvalue weighted by molar-refractivity contribution is 0.0133. The number of ether oxygens (including phenoxy) is 2. The summed E-state index contributed by atoms with van der Waals surface area (Å²) in [7, 11) is 0. The molecule has 1 saturated heterocycles. The van der Waals surface area contributed by atoms with Crippen LogP contribution in [-0.4, -0.2) is 84.7 Å². The molecule has 186 valence electrons. The van der Waals surface area contributed by atoms with E-state index in [2.05, 4.69) is 83.7 Å². The summed E-state index contributed by atoms with van der Waals surface area (Å²) in [6.45, 7) is 14.7. The number of terminal acetylenes is 1. The molecule has 0 radical (unpaired) electrons. The minimum Gasteiger partial charge on any atom is -0.389 e. The molecule has 1 aliphatic heterocycles. The Labute approximate surface area is 205 Å². The molecule has 34 heavy (non-hydrogen) atoms. The molecule has 1 atom stereocenters. The van der Waals surface area contributed by atoms with Gasteiger partial charge in [0.1, 0.15) is 6.61 Å². The average molecular weight is 468 g/mol. The molecule has 2 heterocycles. The molecule has 6 heteroatoms. The number of benzene rings is 1. The molecule has 0 aliphatic carbocycles. The first-order valence-electron chi connectivity index (χ1n) is 12.3. The van der Waals surface area contributed by atoms with Crippen LogP contribution >= 0.6 is 0 Å². The zero-order valence-corrected chi connectivity index (χ0v) is 21.1. The third-order valence-corrected chi connectivity index (χ3v) is 6.28. The van der Waals surface area contributed by atoms with E-state index in [1.165, 1.54) is 16.8 Å². The molecule has 1 aromatic carbocycles. The molecule has 0 saturated carbocycles.